The lowest BCUT2D eigenvalue weighted by Crippen LogP contribution is -2.07. The number of aryl methyl sites for hydroxylation is 3. The minimum Gasteiger partial charge on any atom is -0.496 e. The highest BCUT2D eigenvalue weighted by molar-refractivity contribution is 6.08. The molecule has 3 aromatic rings. The van der Waals surface area contributed by atoms with E-state index in [-0.39, 0.29) is 12.4 Å². The average molecular weight is 328 g/mol. The Balaban J connectivity index is 2.42. The number of fused-ring (bicyclic) bond motifs is 3. The molecule has 2 aromatic carbocycles. The summed E-state index contributed by atoms with van der Waals surface area (Å²) < 4.78 is 21.5. The summed E-state index contributed by atoms with van der Waals surface area (Å²) in [4.78, 5) is 12.6. The van der Waals surface area contributed by atoms with Gasteiger partial charge in [-0.3, -0.25) is 0 Å². The topological polar surface area (TPSA) is 57.9 Å². The van der Waals surface area contributed by atoms with Crippen molar-refractivity contribution in [3.05, 3.63) is 45.3 Å². The minimum atomic E-state index is -0.381. The van der Waals surface area contributed by atoms with Crippen molar-refractivity contribution in [3.63, 3.8) is 0 Å². The smallest absolute Gasteiger partial charge is 0.344 e. The van der Waals surface area contributed by atoms with Crippen LogP contribution in [0.2, 0.25) is 0 Å². The van der Waals surface area contributed by atoms with Gasteiger partial charge in [-0.1, -0.05) is 0 Å². The van der Waals surface area contributed by atoms with Gasteiger partial charge in [-0.2, -0.15) is 0 Å². The predicted octanol–water partition coefficient (Wildman–Crippen LogP) is 3.86. The zero-order chi connectivity index (χ0) is 17.4. The molecule has 0 saturated carbocycles. The van der Waals surface area contributed by atoms with Crippen LogP contribution >= 0.6 is 0 Å². The molecule has 1 heterocycles. The van der Waals surface area contributed by atoms with E-state index in [1.807, 2.05) is 39.0 Å². The van der Waals surface area contributed by atoms with Crippen molar-refractivity contribution >= 4 is 21.7 Å². The SMILES string of the molecule is COCOc1ccc2c(c1C)c(=O)oc1c(C)c(OC)cc(C)c12. The Labute approximate surface area is 139 Å². The van der Waals surface area contributed by atoms with Crippen LogP contribution in [-0.2, 0) is 4.74 Å². The first-order chi connectivity index (χ1) is 11.5. The van der Waals surface area contributed by atoms with Crippen molar-refractivity contribution in [3.8, 4) is 11.5 Å². The summed E-state index contributed by atoms with van der Waals surface area (Å²) in [5.41, 5.74) is 2.73. The first kappa shape index (κ1) is 16.3. The fraction of sp³-hybridized carbons (Fsp3) is 0.316. The first-order valence-electron chi connectivity index (χ1n) is 7.65. The minimum absolute atomic E-state index is 0.126. The second-order valence-electron chi connectivity index (χ2n) is 5.78. The number of benzene rings is 2. The Hall–Kier alpha value is -2.53. The largest absolute Gasteiger partial charge is 0.496 e. The van der Waals surface area contributed by atoms with Gasteiger partial charge in [-0.25, -0.2) is 4.79 Å². The maximum atomic E-state index is 12.6. The fourth-order valence-electron chi connectivity index (χ4n) is 3.12. The quantitative estimate of drug-likeness (QED) is 0.413. The molecule has 0 aliphatic heterocycles. The molecule has 3 rings (SSSR count). The molecule has 0 saturated heterocycles. The van der Waals surface area contributed by atoms with E-state index in [1.165, 1.54) is 0 Å². The monoisotopic (exact) mass is 328 g/mol. The van der Waals surface area contributed by atoms with E-state index < -0.39 is 0 Å². The standard InChI is InChI=1S/C19H20O5/c1-10-8-15(22-5)12(3)18-16(10)13-6-7-14(23-9-21-4)11(2)17(13)19(20)24-18/h6-8H,9H2,1-5H3. The van der Waals surface area contributed by atoms with Crippen molar-refractivity contribution in [2.45, 2.75) is 20.8 Å². The number of rotatable bonds is 4. The number of hydrogen-bond acceptors (Lipinski definition) is 5. The third-order valence-electron chi connectivity index (χ3n) is 4.31. The lowest BCUT2D eigenvalue weighted by Gasteiger charge is -2.14. The molecule has 0 unspecified atom stereocenters. The molecule has 0 N–H and O–H groups in total. The first-order valence-corrected chi connectivity index (χ1v) is 7.65. The van der Waals surface area contributed by atoms with E-state index in [0.717, 1.165) is 27.5 Å². The molecule has 5 heteroatoms. The summed E-state index contributed by atoms with van der Waals surface area (Å²) in [6.07, 6.45) is 0. The van der Waals surface area contributed by atoms with E-state index >= 15 is 0 Å². The summed E-state index contributed by atoms with van der Waals surface area (Å²) >= 11 is 0. The van der Waals surface area contributed by atoms with Gasteiger partial charge in [-0.15, -0.1) is 0 Å². The molecular weight excluding hydrogens is 308 g/mol. The van der Waals surface area contributed by atoms with E-state index in [0.29, 0.717) is 22.5 Å². The highest BCUT2D eigenvalue weighted by Gasteiger charge is 2.18. The maximum absolute atomic E-state index is 12.6. The molecule has 0 fully saturated rings. The molecular formula is C19H20O5. The van der Waals surface area contributed by atoms with Gasteiger partial charge in [-0.05, 0) is 44.5 Å². The molecule has 5 nitrogen and oxygen atoms in total. The molecule has 1 aromatic heterocycles. The van der Waals surface area contributed by atoms with Gasteiger partial charge in [0.15, 0.2) is 6.79 Å². The summed E-state index contributed by atoms with van der Waals surface area (Å²) in [6.45, 7) is 5.84. The van der Waals surface area contributed by atoms with Gasteiger partial charge < -0.3 is 18.6 Å². The van der Waals surface area contributed by atoms with Crippen LogP contribution in [0.3, 0.4) is 0 Å². The van der Waals surface area contributed by atoms with Crippen molar-refractivity contribution in [2.24, 2.45) is 0 Å². The fourth-order valence-corrected chi connectivity index (χ4v) is 3.12. The van der Waals surface area contributed by atoms with Crippen LogP contribution in [0.5, 0.6) is 11.5 Å². The van der Waals surface area contributed by atoms with Crippen molar-refractivity contribution in [1.82, 2.24) is 0 Å². The molecule has 0 spiro atoms. The summed E-state index contributed by atoms with van der Waals surface area (Å²) in [6, 6.07) is 5.71. The second-order valence-corrected chi connectivity index (χ2v) is 5.78. The number of methoxy groups -OCH3 is 2. The van der Waals surface area contributed by atoms with Crippen LogP contribution in [0.25, 0.3) is 21.7 Å². The average Bonchev–Trinajstić information content (AvgIpc) is 2.56. The predicted molar refractivity (Wildman–Crippen MR) is 93.3 cm³/mol. The van der Waals surface area contributed by atoms with Gasteiger partial charge in [0.05, 0.1) is 12.5 Å². The molecule has 24 heavy (non-hydrogen) atoms. The van der Waals surface area contributed by atoms with Gasteiger partial charge in [0.25, 0.3) is 0 Å². The van der Waals surface area contributed by atoms with Crippen LogP contribution in [0, 0.1) is 20.8 Å². The third-order valence-corrected chi connectivity index (χ3v) is 4.31. The van der Waals surface area contributed by atoms with Gasteiger partial charge >= 0.3 is 5.63 Å². The Morgan fingerprint density at radius 1 is 1.00 bits per heavy atom. The molecule has 0 radical (unpaired) electrons. The molecule has 0 aliphatic rings. The third kappa shape index (κ3) is 2.41. The number of hydrogen-bond donors (Lipinski definition) is 0. The summed E-state index contributed by atoms with van der Waals surface area (Å²) in [5, 5.41) is 2.31. The molecule has 0 amide bonds. The van der Waals surface area contributed by atoms with E-state index in [1.54, 1.807) is 14.2 Å². The Morgan fingerprint density at radius 2 is 1.75 bits per heavy atom. The normalized spacial score (nSPS) is 11.2. The van der Waals surface area contributed by atoms with Crippen LogP contribution in [0.15, 0.2) is 27.4 Å². The van der Waals surface area contributed by atoms with Gasteiger partial charge in [0.1, 0.15) is 17.1 Å². The van der Waals surface area contributed by atoms with E-state index in [4.69, 9.17) is 18.6 Å². The van der Waals surface area contributed by atoms with Gasteiger partial charge in [0, 0.05) is 29.0 Å². The zero-order valence-electron chi connectivity index (χ0n) is 14.5. The van der Waals surface area contributed by atoms with Crippen LogP contribution in [0.1, 0.15) is 16.7 Å². The lowest BCUT2D eigenvalue weighted by molar-refractivity contribution is 0.0507. The highest BCUT2D eigenvalue weighted by Crippen LogP contribution is 2.36. The highest BCUT2D eigenvalue weighted by atomic mass is 16.7. The van der Waals surface area contributed by atoms with Crippen molar-refractivity contribution in [1.29, 1.82) is 0 Å². The Kier molecular flexibility index (Phi) is 4.20. The van der Waals surface area contributed by atoms with E-state index in [2.05, 4.69) is 0 Å². The summed E-state index contributed by atoms with van der Waals surface area (Å²) in [5.74, 6) is 1.32. The number of ether oxygens (including phenoxy) is 3. The molecule has 0 aliphatic carbocycles. The molecule has 0 atom stereocenters. The molecule has 126 valence electrons. The maximum Gasteiger partial charge on any atom is 0.344 e. The van der Waals surface area contributed by atoms with Gasteiger partial charge in [0.2, 0.25) is 0 Å². The summed E-state index contributed by atoms with van der Waals surface area (Å²) in [7, 11) is 3.16. The second kappa shape index (κ2) is 6.17. The Morgan fingerprint density at radius 3 is 2.42 bits per heavy atom. The molecule has 0 bridgehead atoms. The van der Waals surface area contributed by atoms with Crippen molar-refractivity contribution < 1.29 is 18.6 Å². The Bertz CT molecular complexity index is 985. The zero-order valence-corrected chi connectivity index (χ0v) is 14.5. The van der Waals surface area contributed by atoms with Crippen LogP contribution < -0.4 is 15.1 Å². The van der Waals surface area contributed by atoms with Crippen LogP contribution in [-0.4, -0.2) is 21.0 Å². The van der Waals surface area contributed by atoms with Crippen molar-refractivity contribution in [2.75, 3.05) is 21.0 Å². The van der Waals surface area contributed by atoms with Crippen LogP contribution in [0.4, 0.5) is 0 Å². The van der Waals surface area contributed by atoms with E-state index in [9.17, 15) is 4.79 Å². The lowest BCUT2D eigenvalue weighted by atomic mass is 9.98.